The van der Waals surface area contributed by atoms with E-state index in [-0.39, 0.29) is 23.4 Å². The summed E-state index contributed by atoms with van der Waals surface area (Å²) >= 11 is 0. The smallest absolute Gasteiger partial charge is 0.242 e. The van der Waals surface area contributed by atoms with Gasteiger partial charge in [0.25, 0.3) is 0 Å². The Labute approximate surface area is 150 Å². The molecule has 0 fully saturated rings. The van der Waals surface area contributed by atoms with Crippen molar-refractivity contribution in [2.45, 2.75) is 51.5 Å². The standard InChI is InChI=1S/C18H29FN2O3S/c1-14(2)13-21(15(3)4)18(22)7-6-12-20(5)25(23,24)17-10-8-16(19)9-11-17/h8-11,14-15H,6-7,12-13H2,1-5H3. The van der Waals surface area contributed by atoms with Gasteiger partial charge < -0.3 is 4.90 Å². The van der Waals surface area contributed by atoms with Crippen molar-refractivity contribution < 1.29 is 17.6 Å². The normalized spacial score (nSPS) is 12.2. The molecule has 0 saturated carbocycles. The number of sulfonamides is 1. The first kappa shape index (κ1) is 21.6. The molecule has 1 rings (SSSR count). The summed E-state index contributed by atoms with van der Waals surface area (Å²) in [6.45, 7) is 9.01. The first-order valence-electron chi connectivity index (χ1n) is 8.57. The number of carbonyl (C=O) groups is 1. The summed E-state index contributed by atoms with van der Waals surface area (Å²) in [5.41, 5.74) is 0. The second kappa shape index (κ2) is 9.29. The molecule has 0 spiro atoms. The number of halogens is 1. The molecule has 0 heterocycles. The van der Waals surface area contributed by atoms with Gasteiger partial charge in [-0.2, -0.15) is 0 Å². The molecule has 0 atom stereocenters. The molecule has 0 bridgehead atoms. The first-order chi connectivity index (χ1) is 11.6. The van der Waals surface area contributed by atoms with E-state index >= 15 is 0 Å². The van der Waals surface area contributed by atoms with Crippen LogP contribution in [-0.4, -0.2) is 49.7 Å². The van der Waals surface area contributed by atoms with Crippen LogP contribution in [0.25, 0.3) is 0 Å². The minimum Gasteiger partial charge on any atom is -0.340 e. The molecule has 1 aromatic rings. The highest BCUT2D eigenvalue weighted by Gasteiger charge is 2.22. The quantitative estimate of drug-likeness (QED) is 0.669. The molecule has 0 aliphatic rings. The first-order valence-corrected chi connectivity index (χ1v) is 10.0. The second-order valence-corrected chi connectivity index (χ2v) is 8.96. The van der Waals surface area contributed by atoms with E-state index in [4.69, 9.17) is 0 Å². The van der Waals surface area contributed by atoms with Gasteiger partial charge in [0, 0.05) is 32.6 Å². The maximum Gasteiger partial charge on any atom is 0.242 e. The van der Waals surface area contributed by atoms with E-state index in [1.807, 2.05) is 18.7 Å². The van der Waals surface area contributed by atoms with Gasteiger partial charge in [0.2, 0.25) is 15.9 Å². The van der Waals surface area contributed by atoms with E-state index < -0.39 is 15.8 Å². The van der Waals surface area contributed by atoms with Gasteiger partial charge in [-0.1, -0.05) is 13.8 Å². The molecule has 142 valence electrons. The van der Waals surface area contributed by atoms with Crippen LogP contribution in [0.2, 0.25) is 0 Å². The molecule has 0 unspecified atom stereocenters. The fourth-order valence-electron chi connectivity index (χ4n) is 2.50. The molecule has 5 nitrogen and oxygen atoms in total. The topological polar surface area (TPSA) is 57.7 Å². The Kier molecular flexibility index (Phi) is 8.02. The van der Waals surface area contributed by atoms with Crippen LogP contribution in [-0.2, 0) is 14.8 Å². The molecule has 0 saturated heterocycles. The number of rotatable bonds is 9. The molecule has 0 aliphatic carbocycles. The monoisotopic (exact) mass is 372 g/mol. The van der Waals surface area contributed by atoms with Crippen molar-refractivity contribution in [3.05, 3.63) is 30.1 Å². The number of hydrogen-bond acceptors (Lipinski definition) is 3. The third kappa shape index (κ3) is 6.40. The Balaban J connectivity index is 2.62. The Morgan fingerprint density at radius 3 is 2.16 bits per heavy atom. The third-order valence-electron chi connectivity index (χ3n) is 3.89. The lowest BCUT2D eigenvalue weighted by atomic mass is 10.1. The SMILES string of the molecule is CC(C)CN(C(=O)CCCN(C)S(=O)(=O)c1ccc(F)cc1)C(C)C. The van der Waals surface area contributed by atoms with Gasteiger partial charge in [0.05, 0.1) is 4.90 Å². The van der Waals surface area contributed by atoms with Crippen LogP contribution in [0, 0.1) is 11.7 Å². The Hall–Kier alpha value is -1.47. The molecule has 7 heteroatoms. The van der Waals surface area contributed by atoms with Gasteiger partial charge >= 0.3 is 0 Å². The van der Waals surface area contributed by atoms with Crippen LogP contribution in [0.4, 0.5) is 4.39 Å². The second-order valence-electron chi connectivity index (χ2n) is 6.92. The third-order valence-corrected chi connectivity index (χ3v) is 5.76. The van der Waals surface area contributed by atoms with Crippen molar-refractivity contribution in [2.75, 3.05) is 20.1 Å². The highest BCUT2D eigenvalue weighted by Crippen LogP contribution is 2.16. The molecular formula is C18H29FN2O3S. The van der Waals surface area contributed by atoms with Gasteiger partial charge in [-0.15, -0.1) is 0 Å². The maximum absolute atomic E-state index is 12.9. The minimum absolute atomic E-state index is 0.0382. The Morgan fingerprint density at radius 1 is 1.12 bits per heavy atom. The van der Waals surface area contributed by atoms with Gasteiger partial charge in [-0.25, -0.2) is 17.1 Å². The number of benzene rings is 1. The van der Waals surface area contributed by atoms with Crippen LogP contribution in [0.15, 0.2) is 29.2 Å². The van der Waals surface area contributed by atoms with Crippen LogP contribution in [0.1, 0.15) is 40.5 Å². The van der Waals surface area contributed by atoms with Gasteiger partial charge in [0.1, 0.15) is 5.82 Å². The minimum atomic E-state index is -3.67. The summed E-state index contributed by atoms with van der Waals surface area (Å²) in [6.07, 6.45) is 0.741. The largest absolute Gasteiger partial charge is 0.340 e. The van der Waals surface area contributed by atoms with E-state index in [1.165, 1.54) is 23.5 Å². The molecule has 25 heavy (non-hydrogen) atoms. The van der Waals surface area contributed by atoms with Crippen LogP contribution < -0.4 is 0 Å². The number of hydrogen-bond donors (Lipinski definition) is 0. The van der Waals surface area contributed by atoms with Crippen molar-refractivity contribution in [3.63, 3.8) is 0 Å². The zero-order valence-electron chi connectivity index (χ0n) is 15.7. The van der Waals surface area contributed by atoms with Crippen LogP contribution >= 0.6 is 0 Å². The Morgan fingerprint density at radius 2 is 1.68 bits per heavy atom. The molecule has 1 amide bonds. The van der Waals surface area contributed by atoms with Crippen LogP contribution in [0.3, 0.4) is 0 Å². The van der Waals surface area contributed by atoms with Gasteiger partial charge in [0.15, 0.2) is 0 Å². The maximum atomic E-state index is 12.9. The highest BCUT2D eigenvalue weighted by molar-refractivity contribution is 7.89. The zero-order chi connectivity index (χ0) is 19.2. The molecule has 0 aliphatic heterocycles. The molecule has 0 N–H and O–H groups in total. The Bertz CT molecular complexity index is 657. The zero-order valence-corrected chi connectivity index (χ0v) is 16.5. The summed E-state index contributed by atoms with van der Waals surface area (Å²) in [5, 5.41) is 0. The summed E-state index contributed by atoms with van der Waals surface area (Å²) in [6, 6.07) is 4.86. The fraction of sp³-hybridized carbons (Fsp3) is 0.611. The van der Waals surface area contributed by atoms with Crippen molar-refractivity contribution in [1.29, 1.82) is 0 Å². The highest BCUT2D eigenvalue weighted by atomic mass is 32.2. The van der Waals surface area contributed by atoms with E-state index in [2.05, 4.69) is 13.8 Å². The number of nitrogens with zero attached hydrogens (tertiary/aromatic N) is 2. The van der Waals surface area contributed by atoms with E-state index in [9.17, 15) is 17.6 Å². The summed E-state index contributed by atoms with van der Waals surface area (Å²) in [4.78, 5) is 14.3. The summed E-state index contributed by atoms with van der Waals surface area (Å²) < 4.78 is 39.0. The lowest BCUT2D eigenvalue weighted by molar-refractivity contribution is -0.133. The predicted octanol–water partition coefficient (Wildman–Crippen LogP) is 3.12. The van der Waals surface area contributed by atoms with Crippen molar-refractivity contribution >= 4 is 15.9 Å². The van der Waals surface area contributed by atoms with Crippen molar-refractivity contribution in [2.24, 2.45) is 5.92 Å². The average Bonchev–Trinajstić information content (AvgIpc) is 2.52. The summed E-state index contributed by atoms with van der Waals surface area (Å²) in [5.74, 6) is -0.0599. The lowest BCUT2D eigenvalue weighted by Crippen LogP contribution is -2.39. The molecule has 0 aromatic heterocycles. The molecule has 1 aromatic carbocycles. The fourth-order valence-corrected chi connectivity index (χ4v) is 3.71. The average molecular weight is 373 g/mol. The number of carbonyl (C=O) groups excluding carboxylic acids is 1. The van der Waals surface area contributed by atoms with Crippen LogP contribution in [0.5, 0.6) is 0 Å². The van der Waals surface area contributed by atoms with Gasteiger partial charge in [-0.3, -0.25) is 4.79 Å². The van der Waals surface area contributed by atoms with E-state index in [0.717, 1.165) is 12.1 Å². The van der Waals surface area contributed by atoms with E-state index in [1.54, 1.807) is 0 Å². The molecular weight excluding hydrogens is 343 g/mol. The van der Waals surface area contributed by atoms with Gasteiger partial charge in [-0.05, 0) is 50.5 Å². The van der Waals surface area contributed by atoms with Crippen molar-refractivity contribution in [1.82, 2.24) is 9.21 Å². The van der Waals surface area contributed by atoms with E-state index in [0.29, 0.717) is 25.3 Å². The van der Waals surface area contributed by atoms with Crippen molar-refractivity contribution in [3.8, 4) is 0 Å². The lowest BCUT2D eigenvalue weighted by Gasteiger charge is -2.29. The molecule has 0 radical (unpaired) electrons. The number of amides is 1. The predicted molar refractivity (Wildman–Crippen MR) is 97.1 cm³/mol. The summed E-state index contributed by atoms with van der Waals surface area (Å²) in [7, 11) is -2.20.